The van der Waals surface area contributed by atoms with Crippen LogP contribution >= 0.6 is 0 Å². The highest BCUT2D eigenvalue weighted by Crippen LogP contribution is 2.48. The Bertz CT molecular complexity index is 2200. The summed E-state index contributed by atoms with van der Waals surface area (Å²) in [5.74, 6) is -4.45. The molecule has 56 heavy (non-hydrogen) atoms. The molecule has 0 bridgehead atoms. The van der Waals surface area contributed by atoms with E-state index in [4.69, 9.17) is 20.7 Å². The predicted molar refractivity (Wildman–Crippen MR) is 210 cm³/mol. The van der Waals surface area contributed by atoms with Gasteiger partial charge in [0.05, 0.1) is 5.92 Å². The maximum Gasteiger partial charge on any atom is 0.281 e. The minimum absolute atomic E-state index is 0.0871. The number of H-pyrrole nitrogens is 1. The fraction of sp³-hybridized carbons (Fsp3) is 0.419. The van der Waals surface area contributed by atoms with Gasteiger partial charge in [0.25, 0.3) is 11.8 Å². The van der Waals surface area contributed by atoms with Crippen LogP contribution in [-0.2, 0) is 38.4 Å². The summed E-state index contributed by atoms with van der Waals surface area (Å²) in [4.78, 5) is 51.2. The lowest BCUT2D eigenvalue weighted by Gasteiger charge is -2.48. The Morgan fingerprint density at radius 3 is 2.57 bits per heavy atom. The Hall–Kier alpha value is -5.21. The number of nitrogens with two attached hydrogens (primary N) is 1. The van der Waals surface area contributed by atoms with Gasteiger partial charge in [-0.05, 0) is 85.3 Å². The summed E-state index contributed by atoms with van der Waals surface area (Å²) in [6, 6.07) is 18.9. The highest BCUT2D eigenvalue weighted by atomic mass is 16.7. The molecular formula is C43H50N6O7. The Morgan fingerprint density at radius 2 is 1.84 bits per heavy atom. The molecule has 1 aromatic heterocycles. The number of hydrogen-bond donors (Lipinski definition) is 6. The van der Waals surface area contributed by atoms with Crippen LogP contribution in [0.15, 0.2) is 79.0 Å². The van der Waals surface area contributed by atoms with Crippen molar-refractivity contribution in [3.8, 4) is 11.5 Å². The van der Waals surface area contributed by atoms with Gasteiger partial charge in [-0.2, -0.15) is 0 Å². The van der Waals surface area contributed by atoms with Gasteiger partial charge in [-0.25, -0.2) is 0 Å². The zero-order valence-electron chi connectivity index (χ0n) is 31.9. The number of hydrogen-bond acceptors (Lipinski definition) is 9. The first kappa shape index (κ1) is 37.7. The van der Waals surface area contributed by atoms with Gasteiger partial charge in [0, 0.05) is 48.6 Å². The lowest BCUT2D eigenvalue weighted by Crippen LogP contribution is -2.71. The quantitative estimate of drug-likeness (QED) is 0.154. The van der Waals surface area contributed by atoms with Crippen molar-refractivity contribution in [3.05, 3.63) is 101 Å². The monoisotopic (exact) mass is 762 g/mol. The molecule has 5 heterocycles. The summed E-state index contributed by atoms with van der Waals surface area (Å²) >= 11 is 0. The predicted octanol–water partition coefficient (Wildman–Crippen LogP) is 3.23. The molecule has 3 amide bonds. The van der Waals surface area contributed by atoms with E-state index in [2.05, 4.69) is 33.5 Å². The van der Waals surface area contributed by atoms with Crippen LogP contribution in [0.4, 0.5) is 0 Å². The number of aromatic hydroxyl groups is 2. The number of nitrogens with one attached hydrogen (secondary N) is 2. The number of phenols is 2. The molecular weight excluding hydrogens is 713 g/mol. The smallest absolute Gasteiger partial charge is 0.281 e. The second-order valence-electron chi connectivity index (χ2n) is 16.0. The Labute approximate surface area is 325 Å². The third-order valence-corrected chi connectivity index (χ3v) is 12.2. The zero-order chi connectivity index (χ0) is 39.5. The minimum atomic E-state index is -2.06. The van der Waals surface area contributed by atoms with Crippen molar-refractivity contribution < 1.29 is 34.4 Å². The number of nitrogens with zero attached hydrogens (tertiary/aromatic N) is 3. The van der Waals surface area contributed by atoms with E-state index in [9.17, 15) is 19.5 Å². The number of aromatic nitrogens is 1. The van der Waals surface area contributed by atoms with Crippen LogP contribution in [0.25, 0.3) is 16.5 Å². The number of ether oxygens (including phenoxy) is 1. The molecule has 4 aromatic rings. The Balaban J connectivity index is 0.000000348. The van der Waals surface area contributed by atoms with Crippen LogP contribution in [0.3, 0.4) is 0 Å². The Morgan fingerprint density at radius 1 is 1.05 bits per heavy atom. The van der Waals surface area contributed by atoms with Crippen LogP contribution in [0, 0.1) is 11.8 Å². The highest BCUT2D eigenvalue weighted by molar-refractivity contribution is 6.01. The molecule has 5 aliphatic rings. The minimum Gasteiger partial charge on any atom is -0.504 e. The van der Waals surface area contributed by atoms with Crippen LogP contribution in [-0.4, -0.2) is 109 Å². The van der Waals surface area contributed by atoms with Gasteiger partial charge < -0.3 is 36.3 Å². The number of piperazine rings is 1. The van der Waals surface area contributed by atoms with Crippen molar-refractivity contribution in [2.45, 2.75) is 75.7 Å². The lowest BCUT2D eigenvalue weighted by atomic mass is 9.79. The molecule has 6 atom stereocenters. The largest absolute Gasteiger partial charge is 0.504 e. The molecule has 4 aliphatic heterocycles. The van der Waals surface area contributed by atoms with E-state index in [0.717, 1.165) is 34.2 Å². The number of amides is 3. The van der Waals surface area contributed by atoms with Crippen LogP contribution in [0.2, 0.25) is 0 Å². The average Bonchev–Trinajstić information content (AvgIpc) is 3.90. The third kappa shape index (κ3) is 6.13. The van der Waals surface area contributed by atoms with E-state index in [-0.39, 0.29) is 35.8 Å². The fourth-order valence-electron chi connectivity index (χ4n) is 9.36. The normalized spacial score (nSPS) is 28.1. The van der Waals surface area contributed by atoms with E-state index < -0.39 is 41.5 Å². The van der Waals surface area contributed by atoms with Gasteiger partial charge in [-0.15, -0.1) is 0 Å². The number of benzene rings is 3. The lowest BCUT2D eigenvalue weighted by molar-refractivity contribution is -0.321. The third-order valence-electron chi connectivity index (χ3n) is 12.2. The number of carbonyl (C=O) groups is 3. The standard InChI is InChI=1S/C35H39N5O5.C8H11NO2/c1-20(2)34(37-31(41)23-16-25-24-11-7-12-26-30(24)22(18-36-26)17-27(25)38(3)19-23)33(43)40-28(15-21-9-5-4-6-10-21)32(42)39-14-8-13-29(39)35(40,44)45-34;9-4-3-6-1-2-7(10)8(11)5-6/h4-7,9-12,16,18,20,23,27-29,36,44H,8,13-15,17,19H2,1-3H3,(H,37,41);1-2,5,10-11H,3-4,9H2/t23-,27-,28+,29+,34-,35+;/m1./s1. The van der Waals surface area contributed by atoms with Crippen molar-refractivity contribution in [1.29, 1.82) is 0 Å². The summed E-state index contributed by atoms with van der Waals surface area (Å²) < 4.78 is 6.49. The molecule has 13 heteroatoms. The number of phenolic OH excluding ortho intramolecular Hbond substituents is 2. The molecule has 3 saturated heterocycles. The average molecular weight is 763 g/mol. The molecule has 3 aromatic carbocycles. The first-order chi connectivity index (χ1) is 26.9. The zero-order valence-corrected chi connectivity index (χ0v) is 31.9. The number of carbonyl (C=O) groups excluding carboxylic acids is 3. The van der Waals surface area contributed by atoms with E-state index in [1.165, 1.54) is 28.0 Å². The van der Waals surface area contributed by atoms with Gasteiger partial charge in [-0.1, -0.05) is 68.5 Å². The summed E-state index contributed by atoms with van der Waals surface area (Å²) in [5, 5.41) is 34.5. The van der Waals surface area contributed by atoms with Crippen molar-refractivity contribution >= 4 is 34.2 Å². The van der Waals surface area contributed by atoms with E-state index in [0.29, 0.717) is 38.9 Å². The summed E-state index contributed by atoms with van der Waals surface area (Å²) in [6.07, 6.45) is 7.11. The number of aliphatic hydroxyl groups is 1. The number of rotatable bonds is 7. The molecule has 9 rings (SSSR count). The van der Waals surface area contributed by atoms with Crippen molar-refractivity contribution in [2.75, 3.05) is 26.7 Å². The molecule has 1 aliphatic carbocycles. The molecule has 13 nitrogen and oxygen atoms in total. The maximum absolute atomic E-state index is 14.6. The fourth-order valence-corrected chi connectivity index (χ4v) is 9.36. The van der Waals surface area contributed by atoms with Gasteiger partial charge in [0.1, 0.15) is 12.1 Å². The van der Waals surface area contributed by atoms with Crippen molar-refractivity contribution in [1.82, 2.24) is 25.0 Å². The first-order valence-electron chi connectivity index (χ1n) is 19.5. The first-order valence-corrected chi connectivity index (χ1v) is 19.5. The topological polar surface area (TPSA) is 185 Å². The summed E-state index contributed by atoms with van der Waals surface area (Å²) in [6.45, 7) is 5.11. The molecule has 0 unspecified atom stereocenters. The number of likely N-dealkylation sites (N-methyl/N-ethyl adjacent to an activating group) is 1. The summed E-state index contributed by atoms with van der Waals surface area (Å²) in [7, 11) is 2.03. The molecule has 3 fully saturated rings. The molecule has 294 valence electrons. The number of fused-ring (bicyclic) bond motifs is 5. The van der Waals surface area contributed by atoms with Crippen LogP contribution < -0.4 is 11.1 Å². The van der Waals surface area contributed by atoms with Gasteiger partial charge in [0.2, 0.25) is 17.5 Å². The van der Waals surface area contributed by atoms with Gasteiger partial charge in [0.15, 0.2) is 11.5 Å². The van der Waals surface area contributed by atoms with Crippen molar-refractivity contribution in [3.63, 3.8) is 0 Å². The van der Waals surface area contributed by atoms with Crippen LogP contribution in [0.1, 0.15) is 48.9 Å². The second-order valence-corrected chi connectivity index (χ2v) is 16.0. The molecule has 0 spiro atoms. The van der Waals surface area contributed by atoms with Gasteiger partial charge >= 0.3 is 0 Å². The molecule has 7 N–H and O–H groups in total. The van der Waals surface area contributed by atoms with Crippen LogP contribution in [0.5, 0.6) is 11.5 Å². The summed E-state index contributed by atoms with van der Waals surface area (Å²) in [5.41, 5.74) is 9.83. The highest BCUT2D eigenvalue weighted by Gasteiger charge is 2.72. The Kier molecular flexibility index (Phi) is 9.68. The van der Waals surface area contributed by atoms with E-state index in [1.54, 1.807) is 24.8 Å². The SMILES string of the molecule is CC(C)[C@@]1(NC(=O)[C@@H]2C=C3c4cccc5[nH]cc(c45)C[C@H]3N(C)C2)O[C@@]2(O)[C@@H]3CCCN3C(=O)[C@H](Cc3ccccc3)N2C1=O.NCCc1ccc(O)c(O)c1. The maximum atomic E-state index is 14.6. The van der Waals surface area contributed by atoms with Crippen molar-refractivity contribution in [2.24, 2.45) is 17.6 Å². The second kappa shape index (κ2) is 14.4. The number of aromatic amines is 1. The van der Waals surface area contributed by atoms with E-state index >= 15 is 0 Å². The molecule has 0 radical (unpaired) electrons. The molecule has 0 saturated carbocycles. The van der Waals surface area contributed by atoms with E-state index in [1.807, 2.05) is 49.5 Å². The van der Waals surface area contributed by atoms with Gasteiger partial charge in [-0.3, -0.25) is 28.9 Å².